The van der Waals surface area contributed by atoms with Gasteiger partial charge in [-0.3, -0.25) is 9.78 Å². The summed E-state index contributed by atoms with van der Waals surface area (Å²) in [6.45, 7) is 5.86. The molecule has 1 rings (SSSR count). The fraction of sp³-hybridized carbons (Fsp3) is 0.333. The number of aryl methyl sites for hydroxylation is 1. The van der Waals surface area contributed by atoms with Crippen molar-refractivity contribution >= 4 is 6.29 Å². The third-order valence-corrected chi connectivity index (χ3v) is 2.06. The molecule has 0 radical (unpaired) electrons. The third kappa shape index (κ3) is 1.29. The average molecular weight is 149 g/mol. The number of pyridine rings is 1. The van der Waals surface area contributed by atoms with Crippen LogP contribution in [0.3, 0.4) is 0 Å². The van der Waals surface area contributed by atoms with Crippen LogP contribution in [-0.2, 0) is 0 Å². The lowest BCUT2D eigenvalue weighted by molar-refractivity contribution is 0.112. The number of nitrogens with zero attached hydrogens (tertiary/aromatic N) is 1. The predicted molar refractivity (Wildman–Crippen MR) is 43.8 cm³/mol. The van der Waals surface area contributed by atoms with Gasteiger partial charge in [0.2, 0.25) is 0 Å². The summed E-state index contributed by atoms with van der Waals surface area (Å²) in [6, 6.07) is 0. The van der Waals surface area contributed by atoms with Gasteiger partial charge in [0.15, 0.2) is 6.29 Å². The smallest absolute Gasteiger partial charge is 0.151 e. The highest BCUT2D eigenvalue weighted by atomic mass is 16.1. The molecule has 1 aromatic rings. The van der Waals surface area contributed by atoms with Crippen molar-refractivity contribution in [2.24, 2.45) is 0 Å². The first-order valence-electron chi connectivity index (χ1n) is 3.54. The van der Waals surface area contributed by atoms with Crippen molar-refractivity contribution in [3.8, 4) is 0 Å². The fourth-order valence-corrected chi connectivity index (χ4v) is 0.967. The minimum Gasteiger partial charge on any atom is -0.298 e. The first kappa shape index (κ1) is 7.92. The molecule has 58 valence electrons. The second kappa shape index (κ2) is 2.82. The molecule has 2 nitrogen and oxygen atoms in total. The molecule has 0 saturated carbocycles. The van der Waals surface area contributed by atoms with Gasteiger partial charge in [0.25, 0.3) is 0 Å². The minimum atomic E-state index is 0.688. The number of hydrogen-bond donors (Lipinski definition) is 0. The van der Waals surface area contributed by atoms with E-state index in [1.54, 1.807) is 6.20 Å². The topological polar surface area (TPSA) is 30.0 Å². The van der Waals surface area contributed by atoms with Gasteiger partial charge in [-0.25, -0.2) is 0 Å². The van der Waals surface area contributed by atoms with Crippen LogP contribution in [0.4, 0.5) is 0 Å². The van der Waals surface area contributed by atoms with Crippen molar-refractivity contribution in [2.45, 2.75) is 20.8 Å². The molecule has 0 aliphatic rings. The second-order valence-corrected chi connectivity index (χ2v) is 2.67. The number of carbonyl (C=O) groups is 1. The molecule has 0 atom stereocenters. The molecule has 0 fully saturated rings. The summed E-state index contributed by atoms with van der Waals surface area (Å²) in [5, 5.41) is 0. The quantitative estimate of drug-likeness (QED) is 0.570. The van der Waals surface area contributed by atoms with Crippen molar-refractivity contribution < 1.29 is 4.79 Å². The van der Waals surface area contributed by atoms with E-state index in [2.05, 4.69) is 4.98 Å². The van der Waals surface area contributed by atoms with Crippen LogP contribution in [-0.4, -0.2) is 11.3 Å². The van der Waals surface area contributed by atoms with E-state index in [1.807, 2.05) is 20.8 Å². The van der Waals surface area contributed by atoms with Crippen LogP contribution in [0.25, 0.3) is 0 Å². The molecule has 1 aromatic heterocycles. The molecule has 0 unspecified atom stereocenters. The summed E-state index contributed by atoms with van der Waals surface area (Å²) in [6.07, 6.45) is 2.46. The molecule has 0 amide bonds. The normalized spacial score (nSPS) is 9.73. The van der Waals surface area contributed by atoms with E-state index in [1.165, 1.54) is 0 Å². The first-order valence-corrected chi connectivity index (χ1v) is 3.54. The van der Waals surface area contributed by atoms with Crippen molar-refractivity contribution in [1.29, 1.82) is 0 Å². The number of carbonyl (C=O) groups excluding carboxylic acids is 1. The minimum absolute atomic E-state index is 0.688. The Morgan fingerprint density at radius 2 is 1.91 bits per heavy atom. The van der Waals surface area contributed by atoms with Gasteiger partial charge in [-0.05, 0) is 31.9 Å². The van der Waals surface area contributed by atoms with Gasteiger partial charge in [0.05, 0.1) is 0 Å². The number of rotatable bonds is 1. The number of aldehydes is 1. The molecule has 0 bridgehead atoms. The largest absolute Gasteiger partial charge is 0.298 e. The number of hydrogen-bond acceptors (Lipinski definition) is 2. The van der Waals surface area contributed by atoms with Crippen LogP contribution in [0.2, 0.25) is 0 Å². The first-order chi connectivity index (χ1) is 5.16. The monoisotopic (exact) mass is 149 g/mol. The zero-order chi connectivity index (χ0) is 8.43. The van der Waals surface area contributed by atoms with E-state index in [9.17, 15) is 4.79 Å². The van der Waals surface area contributed by atoms with E-state index < -0.39 is 0 Å². The lowest BCUT2D eigenvalue weighted by atomic mass is 10.1. The highest BCUT2D eigenvalue weighted by molar-refractivity contribution is 5.77. The lowest BCUT2D eigenvalue weighted by Gasteiger charge is -2.04. The predicted octanol–water partition coefficient (Wildman–Crippen LogP) is 1.82. The second-order valence-electron chi connectivity index (χ2n) is 2.67. The van der Waals surface area contributed by atoms with Crippen molar-refractivity contribution in [1.82, 2.24) is 4.98 Å². The summed E-state index contributed by atoms with van der Waals surface area (Å²) in [5.74, 6) is 0. The fourth-order valence-electron chi connectivity index (χ4n) is 0.967. The summed E-state index contributed by atoms with van der Waals surface area (Å²) < 4.78 is 0. The maximum atomic E-state index is 10.5. The van der Waals surface area contributed by atoms with E-state index >= 15 is 0 Å². The average Bonchev–Trinajstić information content (AvgIpc) is 2.01. The van der Waals surface area contributed by atoms with E-state index in [0.717, 1.165) is 23.1 Å². The van der Waals surface area contributed by atoms with Gasteiger partial charge >= 0.3 is 0 Å². The van der Waals surface area contributed by atoms with Crippen LogP contribution in [0, 0.1) is 20.8 Å². The molecular weight excluding hydrogens is 138 g/mol. The third-order valence-electron chi connectivity index (χ3n) is 2.06. The van der Waals surface area contributed by atoms with Crippen LogP contribution >= 0.6 is 0 Å². The summed E-state index contributed by atoms with van der Waals surface area (Å²) >= 11 is 0. The molecule has 2 heteroatoms. The molecule has 0 saturated heterocycles. The van der Waals surface area contributed by atoms with E-state index in [-0.39, 0.29) is 0 Å². The Morgan fingerprint density at radius 1 is 1.27 bits per heavy atom. The lowest BCUT2D eigenvalue weighted by Crippen LogP contribution is -1.95. The van der Waals surface area contributed by atoms with Gasteiger partial charge in [-0.15, -0.1) is 0 Å². The summed E-state index contributed by atoms with van der Waals surface area (Å²) in [7, 11) is 0. The van der Waals surface area contributed by atoms with E-state index in [0.29, 0.717) is 5.56 Å². The maximum absolute atomic E-state index is 10.5. The van der Waals surface area contributed by atoms with Crippen molar-refractivity contribution in [2.75, 3.05) is 0 Å². The van der Waals surface area contributed by atoms with Gasteiger partial charge in [-0.2, -0.15) is 0 Å². The zero-order valence-electron chi connectivity index (χ0n) is 7.01. The molecule has 1 heterocycles. The van der Waals surface area contributed by atoms with Gasteiger partial charge < -0.3 is 0 Å². The Hall–Kier alpha value is -1.18. The summed E-state index contributed by atoms with van der Waals surface area (Å²) in [5.41, 5.74) is 3.82. The van der Waals surface area contributed by atoms with E-state index in [4.69, 9.17) is 0 Å². The van der Waals surface area contributed by atoms with Gasteiger partial charge in [0.1, 0.15) is 0 Å². The van der Waals surface area contributed by atoms with Crippen LogP contribution in [0.15, 0.2) is 6.20 Å². The standard InChI is InChI=1S/C9H11NO/c1-6-7(2)9(5-11)4-10-8(6)3/h4-5H,1-3H3. The highest BCUT2D eigenvalue weighted by Gasteiger charge is 2.02. The Bertz CT molecular complexity index is 292. The SMILES string of the molecule is Cc1ncc(C=O)c(C)c1C. The molecule has 0 spiro atoms. The zero-order valence-corrected chi connectivity index (χ0v) is 7.01. The van der Waals surface area contributed by atoms with Crippen molar-refractivity contribution in [3.63, 3.8) is 0 Å². The Labute approximate surface area is 66.3 Å². The van der Waals surface area contributed by atoms with Crippen LogP contribution in [0.5, 0.6) is 0 Å². The summed E-state index contributed by atoms with van der Waals surface area (Å²) in [4.78, 5) is 14.5. The molecule has 0 N–H and O–H groups in total. The van der Waals surface area contributed by atoms with Crippen molar-refractivity contribution in [3.05, 3.63) is 28.6 Å². The highest BCUT2D eigenvalue weighted by Crippen LogP contribution is 2.12. The van der Waals surface area contributed by atoms with Gasteiger partial charge in [-0.1, -0.05) is 0 Å². The van der Waals surface area contributed by atoms with Crippen LogP contribution < -0.4 is 0 Å². The Kier molecular flexibility index (Phi) is 2.03. The van der Waals surface area contributed by atoms with Gasteiger partial charge in [0, 0.05) is 17.5 Å². The number of aromatic nitrogens is 1. The maximum Gasteiger partial charge on any atom is 0.151 e. The molecule has 0 aromatic carbocycles. The molecular formula is C9H11NO. The Balaban J connectivity index is 3.36. The Morgan fingerprint density at radius 3 is 2.45 bits per heavy atom. The molecule has 11 heavy (non-hydrogen) atoms. The van der Waals surface area contributed by atoms with Crippen LogP contribution in [0.1, 0.15) is 27.2 Å². The molecule has 0 aliphatic carbocycles. The molecule has 0 aliphatic heterocycles.